The third-order valence-corrected chi connectivity index (χ3v) is 8.15. The van der Waals surface area contributed by atoms with E-state index in [1.54, 1.807) is 30.5 Å². The average molecular weight is 665 g/mol. The van der Waals surface area contributed by atoms with Crippen molar-refractivity contribution in [3.05, 3.63) is 89.4 Å². The highest BCUT2D eigenvalue weighted by atomic mass is 127. The lowest BCUT2D eigenvalue weighted by Crippen LogP contribution is -2.44. The van der Waals surface area contributed by atoms with Crippen LogP contribution in [0.2, 0.25) is 0 Å². The van der Waals surface area contributed by atoms with Gasteiger partial charge >= 0.3 is 3.93 Å². The third-order valence-electron chi connectivity index (χ3n) is 7.53. The first-order valence-electron chi connectivity index (χ1n) is 13.6. The lowest BCUT2D eigenvalue weighted by atomic mass is 10.0. The molecule has 2 aromatic carbocycles. The zero-order chi connectivity index (χ0) is 28.1. The van der Waals surface area contributed by atoms with Gasteiger partial charge in [-0.05, 0) is 48.7 Å². The molecule has 0 radical (unpaired) electrons. The van der Waals surface area contributed by atoms with Gasteiger partial charge in [-0.15, -0.1) is 0 Å². The largest absolute Gasteiger partial charge is 0.474 e. The van der Waals surface area contributed by atoms with Gasteiger partial charge in [-0.25, -0.2) is 9.37 Å². The van der Waals surface area contributed by atoms with Gasteiger partial charge in [-0.2, -0.15) is 8.78 Å². The SMILES string of the molecule is O=C(NC1CCN(Cc2ccc(F)cc2)CC1)c1ccnc(OC2CCN(c3ccc(C(F)(F)I)cc3)CC2)c1. The number of hydrogen-bond donors (Lipinski definition) is 1. The van der Waals surface area contributed by atoms with Gasteiger partial charge in [0.2, 0.25) is 5.88 Å². The maximum Gasteiger partial charge on any atom is 0.321 e. The Bertz CT molecular complexity index is 1270. The molecule has 0 atom stereocenters. The van der Waals surface area contributed by atoms with Crippen molar-refractivity contribution < 1.29 is 22.7 Å². The fourth-order valence-electron chi connectivity index (χ4n) is 5.23. The van der Waals surface area contributed by atoms with Gasteiger partial charge in [0.05, 0.1) is 0 Å². The Labute approximate surface area is 246 Å². The van der Waals surface area contributed by atoms with Crippen LogP contribution in [-0.4, -0.2) is 54.1 Å². The summed E-state index contributed by atoms with van der Waals surface area (Å²) in [5, 5.41) is 3.14. The molecule has 0 aliphatic carbocycles. The molecule has 6 nitrogen and oxygen atoms in total. The highest BCUT2D eigenvalue weighted by molar-refractivity contribution is 14.1. The van der Waals surface area contributed by atoms with Gasteiger partial charge in [0, 0.05) is 103 Å². The van der Waals surface area contributed by atoms with Gasteiger partial charge in [0.15, 0.2) is 0 Å². The number of benzene rings is 2. The first-order chi connectivity index (χ1) is 19.2. The number of nitrogens with one attached hydrogen (secondary N) is 1. The molecule has 3 heterocycles. The Morgan fingerprint density at radius 1 is 0.975 bits per heavy atom. The molecule has 2 saturated heterocycles. The topological polar surface area (TPSA) is 57.7 Å². The van der Waals surface area contributed by atoms with E-state index in [9.17, 15) is 18.0 Å². The van der Waals surface area contributed by atoms with E-state index in [0.29, 0.717) is 11.4 Å². The highest BCUT2D eigenvalue weighted by Crippen LogP contribution is 2.36. The van der Waals surface area contributed by atoms with Crippen LogP contribution in [0.4, 0.5) is 18.9 Å². The Morgan fingerprint density at radius 3 is 2.30 bits per heavy atom. The number of nitrogens with zero attached hydrogens (tertiary/aromatic N) is 3. The molecule has 1 N–H and O–H groups in total. The van der Waals surface area contributed by atoms with E-state index < -0.39 is 3.93 Å². The molecule has 10 heteroatoms. The molecule has 2 aliphatic heterocycles. The number of alkyl halides is 3. The van der Waals surface area contributed by atoms with Crippen LogP contribution in [0.1, 0.15) is 47.2 Å². The number of piperidine rings is 2. The predicted octanol–water partition coefficient (Wildman–Crippen LogP) is 6.15. The van der Waals surface area contributed by atoms with Crippen molar-refractivity contribution in [3.63, 3.8) is 0 Å². The van der Waals surface area contributed by atoms with Gasteiger partial charge in [-0.3, -0.25) is 9.69 Å². The molecule has 3 aromatic rings. The lowest BCUT2D eigenvalue weighted by molar-refractivity contribution is 0.0907. The summed E-state index contributed by atoms with van der Waals surface area (Å²) in [5.74, 6) is 0.0560. The lowest BCUT2D eigenvalue weighted by Gasteiger charge is -2.33. The van der Waals surface area contributed by atoms with E-state index in [2.05, 4.69) is 20.1 Å². The zero-order valence-electron chi connectivity index (χ0n) is 22.0. The van der Waals surface area contributed by atoms with E-state index in [1.165, 1.54) is 24.3 Å². The molecule has 1 amide bonds. The molecule has 0 saturated carbocycles. The standard InChI is InChI=1S/C30H32F3IN4O2/c31-24-5-1-21(2-6-24)20-37-15-10-25(11-16-37)36-29(39)22-9-14-35-28(19-22)40-27-12-17-38(18-13-27)26-7-3-23(4-8-26)30(32,33)34/h1-9,14,19,25,27H,10-13,15-18,20H2,(H,36,39). The summed E-state index contributed by atoms with van der Waals surface area (Å²) in [4.78, 5) is 21.7. The number of carbonyl (C=O) groups is 1. The molecule has 0 bridgehead atoms. The van der Waals surface area contributed by atoms with Crippen molar-refractivity contribution in [2.75, 3.05) is 31.1 Å². The van der Waals surface area contributed by atoms with Crippen molar-refractivity contribution in [1.29, 1.82) is 0 Å². The number of pyridine rings is 1. The molecule has 5 rings (SSSR count). The van der Waals surface area contributed by atoms with Crippen molar-refractivity contribution in [1.82, 2.24) is 15.2 Å². The number of hydrogen-bond acceptors (Lipinski definition) is 5. The average Bonchev–Trinajstić information content (AvgIpc) is 2.95. The first kappa shape index (κ1) is 28.7. The van der Waals surface area contributed by atoms with Crippen LogP contribution in [0, 0.1) is 5.82 Å². The van der Waals surface area contributed by atoms with E-state index in [-0.39, 0.29) is 29.4 Å². The van der Waals surface area contributed by atoms with Crippen LogP contribution in [-0.2, 0) is 10.5 Å². The molecule has 0 spiro atoms. The molecule has 2 aliphatic rings. The summed E-state index contributed by atoms with van der Waals surface area (Å²) in [6.45, 7) is 3.98. The summed E-state index contributed by atoms with van der Waals surface area (Å²) in [6.07, 6.45) is 4.78. The third kappa shape index (κ3) is 7.66. The highest BCUT2D eigenvalue weighted by Gasteiger charge is 2.27. The number of aromatic nitrogens is 1. The van der Waals surface area contributed by atoms with Gasteiger partial charge in [0.25, 0.3) is 5.91 Å². The van der Waals surface area contributed by atoms with Crippen LogP contribution in [0.3, 0.4) is 0 Å². The normalized spacial score (nSPS) is 17.6. The summed E-state index contributed by atoms with van der Waals surface area (Å²) in [6, 6.07) is 16.5. The minimum atomic E-state index is -2.88. The fourth-order valence-corrected chi connectivity index (χ4v) is 5.59. The van der Waals surface area contributed by atoms with E-state index in [0.717, 1.165) is 92.2 Å². The van der Waals surface area contributed by atoms with Gasteiger partial charge in [-0.1, -0.05) is 24.3 Å². The van der Waals surface area contributed by atoms with Crippen LogP contribution >= 0.6 is 22.6 Å². The smallest absolute Gasteiger partial charge is 0.321 e. The number of ether oxygens (including phenoxy) is 1. The summed E-state index contributed by atoms with van der Waals surface area (Å²) in [7, 11) is 0. The summed E-state index contributed by atoms with van der Waals surface area (Å²) in [5.41, 5.74) is 2.51. The van der Waals surface area contributed by atoms with Gasteiger partial charge < -0.3 is 15.0 Å². The number of amides is 1. The second-order valence-corrected chi connectivity index (χ2v) is 11.7. The maximum absolute atomic E-state index is 13.5. The Hall–Kier alpha value is -2.86. The van der Waals surface area contributed by atoms with Crippen LogP contribution in [0.5, 0.6) is 5.88 Å². The van der Waals surface area contributed by atoms with E-state index in [1.807, 2.05) is 12.1 Å². The number of carbonyl (C=O) groups excluding carboxylic acids is 1. The molecule has 2 fully saturated rings. The number of anilines is 1. The molecule has 1 aromatic heterocycles. The van der Waals surface area contributed by atoms with Gasteiger partial charge in [0.1, 0.15) is 11.9 Å². The van der Waals surface area contributed by atoms with Crippen LogP contribution in [0.25, 0.3) is 0 Å². The van der Waals surface area contributed by atoms with E-state index in [4.69, 9.17) is 4.74 Å². The maximum atomic E-state index is 13.5. The number of halogens is 4. The minimum absolute atomic E-state index is 0.00242. The second-order valence-electron chi connectivity index (χ2n) is 10.4. The Morgan fingerprint density at radius 2 is 1.65 bits per heavy atom. The zero-order valence-corrected chi connectivity index (χ0v) is 24.2. The number of rotatable bonds is 8. The molecule has 40 heavy (non-hydrogen) atoms. The van der Waals surface area contributed by atoms with Crippen molar-refractivity contribution in [2.24, 2.45) is 0 Å². The molecule has 0 unspecified atom stereocenters. The fraction of sp³-hybridized carbons (Fsp3) is 0.400. The molecule has 212 valence electrons. The Kier molecular flexibility index (Phi) is 9.14. The first-order valence-corrected chi connectivity index (χ1v) is 14.6. The second kappa shape index (κ2) is 12.8. The minimum Gasteiger partial charge on any atom is -0.474 e. The van der Waals surface area contributed by atoms with E-state index >= 15 is 0 Å². The molecular formula is C30H32F3IN4O2. The van der Waals surface area contributed by atoms with Crippen molar-refractivity contribution in [2.45, 2.75) is 48.3 Å². The quantitative estimate of drug-likeness (QED) is 0.232. The van der Waals surface area contributed by atoms with Crippen molar-refractivity contribution in [3.8, 4) is 5.88 Å². The monoisotopic (exact) mass is 664 g/mol. The number of likely N-dealkylation sites (tertiary alicyclic amines) is 1. The predicted molar refractivity (Wildman–Crippen MR) is 157 cm³/mol. The molecular weight excluding hydrogens is 632 g/mol. The van der Waals surface area contributed by atoms with Crippen LogP contribution in [0.15, 0.2) is 66.9 Å². The summed E-state index contributed by atoms with van der Waals surface area (Å²) >= 11 is 1.14. The Balaban J connectivity index is 1.07. The van der Waals surface area contributed by atoms with Crippen molar-refractivity contribution >= 4 is 34.2 Å². The summed E-state index contributed by atoms with van der Waals surface area (Å²) < 4.78 is 43.4. The van der Waals surface area contributed by atoms with Crippen LogP contribution < -0.4 is 15.0 Å².